The van der Waals surface area contributed by atoms with Crippen molar-refractivity contribution in [3.8, 4) is 0 Å². The molecule has 0 spiro atoms. The van der Waals surface area contributed by atoms with Crippen molar-refractivity contribution in [1.29, 1.82) is 0 Å². The summed E-state index contributed by atoms with van der Waals surface area (Å²) in [5, 5.41) is 0. The third-order valence-corrected chi connectivity index (χ3v) is 6.84. The number of halogens is 1. The lowest BCUT2D eigenvalue weighted by Crippen LogP contribution is -2.41. The second-order valence-electron chi connectivity index (χ2n) is 5.78. The van der Waals surface area contributed by atoms with Crippen molar-refractivity contribution < 1.29 is 8.42 Å². The fourth-order valence-electron chi connectivity index (χ4n) is 3.10. The van der Waals surface area contributed by atoms with Crippen LogP contribution < -0.4 is 0 Å². The van der Waals surface area contributed by atoms with E-state index in [1.165, 1.54) is 19.3 Å². The molecule has 5 heteroatoms. The maximum absolute atomic E-state index is 12.3. The first kappa shape index (κ1) is 14.6. The predicted molar refractivity (Wildman–Crippen MR) is 75.4 cm³/mol. The molecule has 1 saturated carbocycles. The Hall–Kier alpha value is 0.200. The molecule has 0 unspecified atom stereocenters. The van der Waals surface area contributed by atoms with E-state index in [9.17, 15) is 8.42 Å². The lowest BCUT2D eigenvalue weighted by molar-refractivity contribution is 0.285. The van der Waals surface area contributed by atoms with Crippen LogP contribution in [0.4, 0.5) is 0 Å². The van der Waals surface area contributed by atoms with Crippen LogP contribution in [0.1, 0.15) is 44.9 Å². The van der Waals surface area contributed by atoms with E-state index in [0.29, 0.717) is 36.6 Å². The summed E-state index contributed by atoms with van der Waals surface area (Å²) in [6.45, 7) is 1.35. The lowest BCUT2D eigenvalue weighted by atomic mass is 9.91. The summed E-state index contributed by atoms with van der Waals surface area (Å²) in [6.07, 6.45) is 7.72. The van der Waals surface area contributed by atoms with Gasteiger partial charge >= 0.3 is 0 Å². The Morgan fingerprint density at radius 1 is 0.944 bits per heavy atom. The van der Waals surface area contributed by atoms with Gasteiger partial charge in [-0.15, -0.1) is 11.6 Å². The second-order valence-corrected chi connectivity index (χ2v) is 8.10. The first-order chi connectivity index (χ1) is 8.62. The largest absolute Gasteiger partial charge is 0.214 e. The zero-order chi connectivity index (χ0) is 13.0. The SMILES string of the molecule is O=S(=O)(CC1CCCCC1)N1CCC(CCl)CC1. The number of piperidine rings is 1. The number of sulfonamides is 1. The van der Waals surface area contributed by atoms with Crippen LogP contribution in [0, 0.1) is 11.8 Å². The molecule has 1 aliphatic heterocycles. The topological polar surface area (TPSA) is 37.4 Å². The molecule has 1 heterocycles. The van der Waals surface area contributed by atoms with Crippen LogP contribution in [-0.4, -0.2) is 37.4 Å². The van der Waals surface area contributed by atoms with Gasteiger partial charge in [-0.25, -0.2) is 12.7 Å². The molecule has 1 saturated heterocycles. The van der Waals surface area contributed by atoms with Gasteiger partial charge < -0.3 is 0 Å². The number of rotatable bonds is 4. The molecule has 18 heavy (non-hydrogen) atoms. The Kier molecular flexibility index (Phi) is 5.34. The molecule has 2 fully saturated rings. The number of alkyl halides is 1. The van der Waals surface area contributed by atoms with Crippen molar-refractivity contribution >= 4 is 21.6 Å². The smallest absolute Gasteiger partial charge is 0.212 e. The molecule has 2 rings (SSSR count). The molecule has 0 aromatic carbocycles. The third-order valence-electron chi connectivity index (χ3n) is 4.36. The maximum Gasteiger partial charge on any atom is 0.214 e. The molecule has 0 amide bonds. The minimum absolute atomic E-state index is 0.374. The van der Waals surface area contributed by atoms with Crippen LogP contribution in [0.3, 0.4) is 0 Å². The molecule has 1 aliphatic carbocycles. The Bertz CT molecular complexity index is 344. The summed E-state index contributed by atoms with van der Waals surface area (Å²) >= 11 is 5.83. The van der Waals surface area contributed by atoms with Crippen molar-refractivity contribution in [2.24, 2.45) is 11.8 Å². The minimum Gasteiger partial charge on any atom is -0.212 e. The van der Waals surface area contributed by atoms with Crippen molar-refractivity contribution in [1.82, 2.24) is 4.31 Å². The van der Waals surface area contributed by atoms with Gasteiger partial charge in [0, 0.05) is 19.0 Å². The quantitative estimate of drug-likeness (QED) is 0.748. The highest BCUT2D eigenvalue weighted by Gasteiger charge is 2.30. The zero-order valence-electron chi connectivity index (χ0n) is 11.0. The number of hydrogen-bond donors (Lipinski definition) is 0. The van der Waals surface area contributed by atoms with Crippen LogP contribution in [-0.2, 0) is 10.0 Å². The van der Waals surface area contributed by atoms with Crippen molar-refractivity contribution in [2.75, 3.05) is 24.7 Å². The second kappa shape index (κ2) is 6.58. The molecular formula is C13H24ClNO2S. The molecule has 0 aromatic heterocycles. The highest BCUT2D eigenvalue weighted by molar-refractivity contribution is 7.89. The van der Waals surface area contributed by atoms with Gasteiger partial charge in [0.05, 0.1) is 5.75 Å². The van der Waals surface area contributed by atoms with Crippen molar-refractivity contribution in [3.63, 3.8) is 0 Å². The predicted octanol–water partition coefficient (Wildman–Crippen LogP) is 2.85. The monoisotopic (exact) mass is 293 g/mol. The fraction of sp³-hybridized carbons (Fsp3) is 1.00. The molecule has 2 aliphatic rings. The number of hydrogen-bond acceptors (Lipinski definition) is 2. The average Bonchev–Trinajstić information content (AvgIpc) is 2.39. The molecular weight excluding hydrogens is 270 g/mol. The van der Waals surface area contributed by atoms with Crippen LogP contribution in [0.15, 0.2) is 0 Å². The van der Waals surface area contributed by atoms with Crippen LogP contribution in [0.5, 0.6) is 0 Å². The van der Waals surface area contributed by atoms with E-state index in [0.717, 1.165) is 25.7 Å². The summed E-state index contributed by atoms with van der Waals surface area (Å²) < 4.78 is 26.4. The Morgan fingerprint density at radius 3 is 2.11 bits per heavy atom. The maximum atomic E-state index is 12.3. The molecule has 0 aromatic rings. The lowest BCUT2D eigenvalue weighted by Gasteiger charge is -2.32. The van der Waals surface area contributed by atoms with Gasteiger partial charge in [0.25, 0.3) is 0 Å². The van der Waals surface area contributed by atoms with Gasteiger partial charge in [0.15, 0.2) is 0 Å². The van der Waals surface area contributed by atoms with Gasteiger partial charge in [-0.1, -0.05) is 19.3 Å². The van der Waals surface area contributed by atoms with Crippen LogP contribution in [0.2, 0.25) is 0 Å². The Balaban J connectivity index is 1.86. The Morgan fingerprint density at radius 2 is 1.56 bits per heavy atom. The molecule has 0 bridgehead atoms. The van der Waals surface area contributed by atoms with Crippen LogP contribution >= 0.6 is 11.6 Å². The fourth-order valence-corrected chi connectivity index (χ4v) is 5.31. The van der Waals surface area contributed by atoms with Crippen molar-refractivity contribution in [3.05, 3.63) is 0 Å². The minimum atomic E-state index is -3.02. The third kappa shape index (κ3) is 3.84. The highest BCUT2D eigenvalue weighted by Crippen LogP contribution is 2.27. The van der Waals surface area contributed by atoms with Gasteiger partial charge in [-0.05, 0) is 37.5 Å². The standard InChI is InChI=1S/C13H24ClNO2S/c14-10-12-6-8-15(9-7-12)18(16,17)11-13-4-2-1-3-5-13/h12-13H,1-11H2. The first-order valence-electron chi connectivity index (χ1n) is 7.15. The van der Waals surface area contributed by atoms with E-state index < -0.39 is 10.0 Å². The van der Waals surface area contributed by atoms with E-state index >= 15 is 0 Å². The molecule has 0 radical (unpaired) electrons. The van der Waals surface area contributed by atoms with E-state index in [1.54, 1.807) is 4.31 Å². The highest BCUT2D eigenvalue weighted by atomic mass is 35.5. The summed E-state index contributed by atoms with van der Waals surface area (Å²) in [5.74, 6) is 1.94. The summed E-state index contributed by atoms with van der Waals surface area (Å²) in [7, 11) is -3.02. The van der Waals surface area contributed by atoms with E-state index in [4.69, 9.17) is 11.6 Å². The summed E-state index contributed by atoms with van der Waals surface area (Å²) in [6, 6.07) is 0. The summed E-state index contributed by atoms with van der Waals surface area (Å²) in [5.41, 5.74) is 0. The van der Waals surface area contributed by atoms with Gasteiger partial charge in [-0.3, -0.25) is 0 Å². The van der Waals surface area contributed by atoms with Gasteiger partial charge in [0.2, 0.25) is 10.0 Å². The average molecular weight is 294 g/mol. The molecule has 3 nitrogen and oxygen atoms in total. The zero-order valence-corrected chi connectivity index (χ0v) is 12.6. The van der Waals surface area contributed by atoms with E-state index in [1.807, 2.05) is 0 Å². The normalized spacial score (nSPS) is 25.4. The number of nitrogens with zero attached hydrogens (tertiary/aromatic N) is 1. The van der Waals surface area contributed by atoms with Crippen molar-refractivity contribution in [2.45, 2.75) is 44.9 Å². The van der Waals surface area contributed by atoms with Gasteiger partial charge in [-0.2, -0.15) is 0 Å². The van der Waals surface area contributed by atoms with Crippen LogP contribution in [0.25, 0.3) is 0 Å². The molecule has 0 N–H and O–H groups in total. The van der Waals surface area contributed by atoms with Gasteiger partial charge in [0.1, 0.15) is 0 Å². The first-order valence-corrected chi connectivity index (χ1v) is 9.30. The van der Waals surface area contributed by atoms with E-state index in [-0.39, 0.29) is 0 Å². The molecule has 106 valence electrons. The Labute approximate surface area is 116 Å². The summed E-state index contributed by atoms with van der Waals surface area (Å²) in [4.78, 5) is 0. The molecule has 0 atom stereocenters. The van der Waals surface area contributed by atoms with E-state index in [2.05, 4.69) is 0 Å².